The first kappa shape index (κ1) is 18.1. The van der Waals surface area contributed by atoms with Crippen molar-refractivity contribution in [3.05, 3.63) is 51.3 Å². The Bertz CT molecular complexity index is 750. The van der Waals surface area contributed by atoms with Gasteiger partial charge >= 0.3 is 6.09 Å². The molecule has 0 saturated carbocycles. The summed E-state index contributed by atoms with van der Waals surface area (Å²) in [7, 11) is 0. The van der Waals surface area contributed by atoms with Gasteiger partial charge in [0.25, 0.3) is 5.91 Å². The van der Waals surface area contributed by atoms with Crippen molar-refractivity contribution in [2.24, 2.45) is 5.73 Å². The topological polar surface area (TPSA) is 128 Å². The second kappa shape index (κ2) is 8.00. The Balaban J connectivity index is 2.11. The van der Waals surface area contributed by atoms with Crippen molar-refractivity contribution in [3.63, 3.8) is 0 Å². The number of carbonyl (C=O) groups excluding carboxylic acids is 2. The van der Waals surface area contributed by atoms with Crippen molar-refractivity contribution in [2.45, 2.75) is 18.9 Å². The molecule has 8 nitrogen and oxygen atoms in total. The monoisotopic (exact) mass is 373 g/mol. The van der Waals surface area contributed by atoms with Crippen LogP contribution in [0.25, 0.3) is 0 Å². The molecule has 2 amide bonds. The van der Waals surface area contributed by atoms with Gasteiger partial charge in [-0.15, -0.1) is 0 Å². The number of hydrogen-bond acceptors (Lipinski definition) is 6. The van der Waals surface area contributed by atoms with Gasteiger partial charge in [0.1, 0.15) is 11.9 Å². The number of nitrogens with zero attached hydrogens (tertiary/aromatic N) is 1. The van der Waals surface area contributed by atoms with Gasteiger partial charge in [-0.25, -0.2) is 10.3 Å². The number of carbonyl (C=O) groups is 2. The number of rotatable bonds is 6. The van der Waals surface area contributed by atoms with E-state index in [4.69, 9.17) is 43.4 Å². The van der Waals surface area contributed by atoms with E-state index in [1.54, 1.807) is 18.2 Å². The molecule has 1 aromatic carbocycles. The summed E-state index contributed by atoms with van der Waals surface area (Å²) < 4.78 is 10.1. The fourth-order valence-electron chi connectivity index (χ4n) is 2.01. The number of hydroxylamine groups is 1. The van der Waals surface area contributed by atoms with Gasteiger partial charge in [-0.3, -0.25) is 10.0 Å². The number of amides is 2. The molecular weight excluding hydrogens is 361 g/mol. The van der Waals surface area contributed by atoms with Crippen LogP contribution in [0.15, 0.2) is 28.8 Å². The highest BCUT2D eigenvalue weighted by atomic mass is 35.5. The lowest BCUT2D eigenvalue weighted by Gasteiger charge is -2.17. The van der Waals surface area contributed by atoms with Crippen LogP contribution in [0.2, 0.25) is 10.0 Å². The van der Waals surface area contributed by atoms with Crippen LogP contribution in [0.1, 0.15) is 34.3 Å². The summed E-state index contributed by atoms with van der Waals surface area (Å²) in [6.07, 6.45) is -1.03. The Morgan fingerprint density at radius 1 is 1.33 bits per heavy atom. The predicted molar refractivity (Wildman–Crippen MR) is 83.9 cm³/mol. The number of halogens is 2. The summed E-state index contributed by atoms with van der Waals surface area (Å²) in [5.41, 5.74) is 7.07. The average molecular weight is 374 g/mol. The van der Waals surface area contributed by atoms with E-state index in [1.165, 1.54) is 11.5 Å². The Labute approximate surface area is 146 Å². The smallest absolute Gasteiger partial charge is 0.405 e. The molecule has 2 aromatic rings. The van der Waals surface area contributed by atoms with Crippen LogP contribution in [0, 0.1) is 0 Å². The van der Waals surface area contributed by atoms with Crippen molar-refractivity contribution < 1.29 is 24.1 Å². The van der Waals surface area contributed by atoms with Gasteiger partial charge in [-0.1, -0.05) is 34.4 Å². The quantitative estimate of drug-likeness (QED) is 0.527. The SMILES string of the molecule is NC(=O)OC(CCc1cc(C(=O)NO)no1)c1ccc(Cl)c(Cl)c1. The van der Waals surface area contributed by atoms with E-state index in [0.717, 1.165) is 0 Å². The Morgan fingerprint density at radius 2 is 2.08 bits per heavy atom. The molecule has 0 aliphatic heterocycles. The van der Waals surface area contributed by atoms with Gasteiger partial charge in [0.05, 0.1) is 10.0 Å². The number of nitrogens with one attached hydrogen (secondary N) is 1. The van der Waals surface area contributed by atoms with Crippen molar-refractivity contribution in [2.75, 3.05) is 0 Å². The second-order valence-electron chi connectivity index (χ2n) is 4.76. The molecular formula is C14H13Cl2N3O5. The maximum Gasteiger partial charge on any atom is 0.405 e. The third-order valence-electron chi connectivity index (χ3n) is 3.12. The van der Waals surface area contributed by atoms with E-state index < -0.39 is 18.1 Å². The summed E-state index contributed by atoms with van der Waals surface area (Å²) in [5, 5.41) is 12.7. The predicted octanol–water partition coefficient (Wildman–Crippen LogP) is 2.87. The highest BCUT2D eigenvalue weighted by Crippen LogP contribution is 2.29. The van der Waals surface area contributed by atoms with Crippen LogP contribution < -0.4 is 11.2 Å². The summed E-state index contributed by atoms with van der Waals surface area (Å²) in [5.74, 6) is -0.425. The summed E-state index contributed by atoms with van der Waals surface area (Å²) >= 11 is 11.8. The van der Waals surface area contributed by atoms with Gasteiger partial charge in [0.2, 0.25) is 0 Å². The molecule has 0 aliphatic carbocycles. The third kappa shape index (κ3) is 4.60. The zero-order valence-corrected chi connectivity index (χ0v) is 13.7. The molecule has 0 fully saturated rings. The standard InChI is InChI=1S/C14H13Cl2N3O5/c15-9-3-1-7(5-10(9)16)12(23-14(17)21)4-2-8-6-11(19-24-8)13(20)18-22/h1,3,5-6,12,22H,2,4H2,(H2,17,21)(H,18,20). The maximum absolute atomic E-state index is 11.2. The van der Waals surface area contributed by atoms with Gasteiger partial charge in [0.15, 0.2) is 5.69 Å². The minimum absolute atomic E-state index is 0.0746. The second-order valence-corrected chi connectivity index (χ2v) is 5.57. The number of nitrogens with two attached hydrogens (primary N) is 1. The minimum atomic E-state index is -0.941. The molecule has 1 atom stereocenters. The van der Waals surface area contributed by atoms with Crippen molar-refractivity contribution in [3.8, 4) is 0 Å². The van der Waals surface area contributed by atoms with Gasteiger partial charge in [-0.05, 0) is 24.1 Å². The van der Waals surface area contributed by atoms with E-state index in [1.807, 2.05) is 0 Å². The summed E-state index contributed by atoms with van der Waals surface area (Å²) in [6.45, 7) is 0. The molecule has 0 bridgehead atoms. The Hall–Kier alpha value is -2.29. The van der Waals surface area contributed by atoms with Crippen LogP contribution in [-0.2, 0) is 11.2 Å². The van der Waals surface area contributed by atoms with Gasteiger partial charge in [0, 0.05) is 12.5 Å². The number of primary amides is 1. The van der Waals surface area contributed by atoms with E-state index in [0.29, 0.717) is 34.2 Å². The molecule has 1 unspecified atom stereocenters. The minimum Gasteiger partial charge on any atom is -0.441 e. The van der Waals surface area contributed by atoms with E-state index >= 15 is 0 Å². The molecule has 128 valence electrons. The first-order valence-electron chi connectivity index (χ1n) is 6.71. The average Bonchev–Trinajstić information content (AvgIpc) is 3.02. The molecule has 0 saturated heterocycles. The van der Waals surface area contributed by atoms with Crippen molar-refractivity contribution in [1.82, 2.24) is 10.6 Å². The van der Waals surface area contributed by atoms with Crippen LogP contribution in [0.4, 0.5) is 4.79 Å². The van der Waals surface area contributed by atoms with Crippen molar-refractivity contribution in [1.29, 1.82) is 0 Å². The fraction of sp³-hybridized carbons (Fsp3) is 0.214. The molecule has 1 aromatic heterocycles. The third-order valence-corrected chi connectivity index (χ3v) is 3.86. The largest absolute Gasteiger partial charge is 0.441 e. The Morgan fingerprint density at radius 3 is 2.71 bits per heavy atom. The van der Waals surface area contributed by atoms with Crippen LogP contribution in [-0.4, -0.2) is 22.4 Å². The molecule has 1 heterocycles. The first-order chi connectivity index (χ1) is 11.4. The molecule has 0 aliphatic rings. The highest BCUT2D eigenvalue weighted by Gasteiger charge is 2.19. The summed E-state index contributed by atoms with van der Waals surface area (Å²) in [4.78, 5) is 22.3. The lowest BCUT2D eigenvalue weighted by atomic mass is 10.0. The van der Waals surface area contributed by atoms with E-state index in [-0.39, 0.29) is 5.69 Å². The highest BCUT2D eigenvalue weighted by molar-refractivity contribution is 6.42. The van der Waals surface area contributed by atoms with Crippen LogP contribution in [0.5, 0.6) is 0 Å². The molecule has 10 heteroatoms. The number of aromatic nitrogens is 1. The number of hydrogen-bond donors (Lipinski definition) is 3. The molecule has 2 rings (SSSR count). The zero-order valence-electron chi connectivity index (χ0n) is 12.2. The van der Waals surface area contributed by atoms with Crippen LogP contribution in [0.3, 0.4) is 0 Å². The van der Waals surface area contributed by atoms with Crippen LogP contribution >= 0.6 is 23.2 Å². The fourth-order valence-corrected chi connectivity index (χ4v) is 2.32. The zero-order chi connectivity index (χ0) is 17.7. The van der Waals surface area contributed by atoms with Gasteiger partial charge in [-0.2, -0.15) is 0 Å². The summed E-state index contributed by atoms with van der Waals surface area (Å²) in [6, 6.07) is 6.17. The van der Waals surface area contributed by atoms with E-state index in [9.17, 15) is 9.59 Å². The molecule has 4 N–H and O–H groups in total. The normalized spacial score (nSPS) is 11.8. The lowest BCUT2D eigenvalue weighted by Crippen LogP contribution is -2.18. The van der Waals surface area contributed by atoms with Crippen molar-refractivity contribution >= 4 is 35.2 Å². The number of benzene rings is 1. The molecule has 0 radical (unpaired) electrons. The Kier molecular flexibility index (Phi) is 6.02. The van der Waals surface area contributed by atoms with E-state index in [2.05, 4.69) is 5.16 Å². The molecule has 24 heavy (non-hydrogen) atoms. The van der Waals surface area contributed by atoms with Gasteiger partial charge < -0.3 is 15.0 Å². The number of aryl methyl sites for hydroxylation is 1. The maximum atomic E-state index is 11.2. The molecule has 0 spiro atoms. The first-order valence-corrected chi connectivity index (χ1v) is 7.47. The number of ether oxygens (including phenoxy) is 1. The lowest BCUT2D eigenvalue weighted by molar-refractivity contribution is 0.0696.